The molecule has 0 aliphatic carbocycles. The highest BCUT2D eigenvalue weighted by Crippen LogP contribution is 2.17. The molecule has 1 aromatic carbocycles. The number of rotatable bonds is 6. The van der Waals surface area contributed by atoms with Crippen molar-refractivity contribution in [1.82, 2.24) is 5.32 Å². The number of ether oxygens (including phenoxy) is 1. The summed E-state index contributed by atoms with van der Waals surface area (Å²) in [5.74, 6) is -0.102. The third-order valence-electron chi connectivity index (χ3n) is 2.49. The van der Waals surface area contributed by atoms with Crippen LogP contribution in [-0.2, 0) is 9.53 Å². The van der Waals surface area contributed by atoms with E-state index in [1.54, 1.807) is 31.3 Å². The highest BCUT2D eigenvalue weighted by atomic mass is 16.5. The van der Waals surface area contributed by atoms with Crippen molar-refractivity contribution >= 4 is 5.97 Å². The van der Waals surface area contributed by atoms with Gasteiger partial charge >= 0.3 is 5.97 Å². The summed E-state index contributed by atoms with van der Waals surface area (Å²) in [6.45, 7) is 6.49. The fourth-order valence-corrected chi connectivity index (χ4v) is 1.49. The second-order valence-corrected chi connectivity index (χ2v) is 3.83. The number of phenols is 1. The highest BCUT2D eigenvalue weighted by Gasteiger charge is 2.19. The van der Waals surface area contributed by atoms with Crippen LogP contribution < -0.4 is 5.32 Å². The number of benzene rings is 1. The molecular formula is C15H25NO3. The average molecular weight is 267 g/mol. The van der Waals surface area contributed by atoms with Crippen molar-refractivity contribution in [2.45, 2.75) is 39.7 Å². The Labute approximate surface area is 115 Å². The molecule has 0 aliphatic rings. The number of hydrogen-bond acceptors (Lipinski definition) is 4. The van der Waals surface area contributed by atoms with Crippen molar-refractivity contribution in [2.24, 2.45) is 0 Å². The van der Waals surface area contributed by atoms with Gasteiger partial charge in [-0.25, -0.2) is 4.79 Å². The quantitative estimate of drug-likeness (QED) is 0.614. The molecule has 19 heavy (non-hydrogen) atoms. The van der Waals surface area contributed by atoms with Gasteiger partial charge in [0, 0.05) is 0 Å². The molecule has 4 heteroatoms. The van der Waals surface area contributed by atoms with Crippen molar-refractivity contribution in [3.63, 3.8) is 0 Å². The predicted octanol–water partition coefficient (Wildman–Crippen LogP) is 3.02. The fourth-order valence-electron chi connectivity index (χ4n) is 1.49. The summed E-state index contributed by atoms with van der Waals surface area (Å²) in [6, 6.07) is 6.04. The SMILES string of the molecule is CC.CCCCOC(=O)C(NC)c1ccc(O)cc1. The maximum Gasteiger partial charge on any atom is 0.327 e. The normalized spacial score (nSPS) is 11.2. The molecular weight excluding hydrogens is 242 g/mol. The van der Waals surface area contributed by atoms with E-state index in [9.17, 15) is 9.90 Å². The molecule has 0 amide bonds. The van der Waals surface area contributed by atoms with Crippen LogP contribution in [-0.4, -0.2) is 24.7 Å². The topological polar surface area (TPSA) is 58.6 Å². The number of unbranched alkanes of at least 4 members (excludes halogenated alkanes) is 1. The molecule has 4 nitrogen and oxygen atoms in total. The van der Waals surface area contributed by atoms with Gasteiger partial charge in [-0.15, -0.1) is 0 Å². The van der Waals surface area contributed by atoms with Crippen molar-refractivity contribution in [3.05, 3.63) is 29.8 Å². The lowest BCUT2D eigenvalue weighted by molar-refractivity contribution is -0.146. The van der Waals surface area contributed by atoms with Crippen LogP contribution in [0, 0.1) is 0 Å². The Morgan fingerprint density at radius 3 is 2.37 bits per heavy atom. The zero-order chi connectivity index (χ0) is 14.7. The molecule has 0 aliphatic heterocycles. The lowest BCUT2D eigenvalue weighted by atomic mass is 10.1. The van der Waals surface area contributed by atoms with E-state index in [1.807, 2.05) is 20.8 Å². The second-order valence-electron chi connectivity index (χ2n) is 3.83. The van der Waals surface area contributed by atoms with E-state index in [4.69, 9.17) is 4.74 Å². The Kier molecular flexibility index (Phi) is 9.53. The Hall–Kier alpha value is -1.55. The molecule has 1 unspecified atom stereocenters. The standard InChI is InChI=1S/C13H19NO3.C2H6/c1-3-4-9-17-13(16)12(14-2)10-5-7-11(15)8-6-10;1-2/h5-8,12,14-15H,3-4,9H2,1-2H3;1-2H3. The van der Waals surface area contributed by atoms with Crippen LogP contribution in [0.1, 0.15) is 45.2 Å². The van der Waals surface area contributed by atoms with Crippen molar-refractivity contribution in [1.29, 1.82) is 0 Å². The maximum absolute atomic E-state index is 11.8. The van der Waals surface area contributed by atoms with E-state index in [2.05, 4.69) is 5.32 Å². The monoisotopic (exact) mass is 267 g/mol. The molecule has 0 saturated carbocycles. The number of esters is 1. The van der Waals surface area contributed by atoms with Gasteiger partial charge in [-0.05, 0) is 31.2 Å². The Bertz CT molecular complexity index is 349. The molecule has 2 N–H and O–H groups in total. The van der Waals surface area contributed by atoms with Crippen LogP contribution in [0.3, 0.4) is 0 Å². The largest absolute Gasteiger partial charge is 0.508 e. The molecule has 0 heterocycles. The number of hydrogen-bond donors (Lipinski definition) is 2. The van der Waals surface area contributed by atoms with Gasteiger partial charge in [-0.2, -0.15) is 0 Å². The van der Waals surface area contributed by atoms with E-state index >= 15 is 0 Å². The summed E-state index contributed by atoms with van der Waals surface area (Å²) < 4.78 is 5.16. The van der Waals surface area contributed by atoms with Gasteiger partial charge in [0.1, 0.15) is 11.8 Å². The minimum Gasteiger partial charge on any atom is -0.508 e. The third-order valence-corrected chi connectivity index (χ3v) is 2.49. The summed E-state index contributed by atoms with van der Waals surface area (Å²) in [6.07, 6.45) is 1.87. The smallest absolute Gasteiger partial charge is 0.327 e. The number of carbonyl (C=O) groups excluding carboxylic acids is 1. The number of aromatic hydroxyl groups is 1. The third kappa shape index (κ3) is 6.25. The Morgan fingerprint density at radius 2 is 1.89 bits per heavy atom. The number of carbonyl (C=O) groups is 1. The second kappa shape index (κ2) is 10.4. The lowest BCUT2D eigenvalue weighted by Crippen LogP contribution is -2.27. The molecule has 0 aromatic heterocycles. The average Bonchev–Trinajstić information content (AvgIpc) is 2.44. The zero-order valence-corrected chi connectivity index (χ0v) is 12.3. The fraction of sp³-hybridized carbons (Fsp3) is 0.533. The summed E-state index contributed by atoms with van der Waals surface area (Å²) in [5.41, 5.74) is 0.784. The van der Waals surface area contributed by atoms with Crippen molar-refractivity contribution in [2.75, 3.05) is 13.7 Å². The first kappa shape index (κ1) is 17.4. The number of likely N-dealkylation sites (N-methyl/N-ethyl adjacent to an activating group) is 1. The number of phenolic OH excluding ortho intramolecular Hbond substituents is 1. The molecule has 1 atom stereocenters. The minimum absolute atomic E-state index is 0.183. The van der Waals surface area contributed by atoms with Gasteiger partial charge in [-0.1, -0.05) is 39.3 Å². The predicted molar refractivity (Wildman–Crippen MR) is 77.1 cm³/mol. The van der Waals surface area contributed by atoms with E-state index in [1.165, 1.54) is 0 Å². The van der Waals surface area contributed by atoms with Gasteiger partial charge in [0.2, 0.25) is 0 Å². The van der Waals surface area contributed by atoms with Crippen LogP contribution in [0.15, 0.2) is 24.3 Å². The molecule has 1 aromatic rings. The maximum atomic E-state index is 11.8. The summed E-state index contributed by atoms with van der Waals surface area (Å²) in [7, 11) is 1.71. The first-order valence-electron chi connectivity index (χ1n) is 6.82. The van der Waals surface area contributed by atoms with Crippen molar-refractivity contribution in [3.8, 4) is 5.75 Å². The van der Waals surface area contributed by atoms with Crippen LogP contribution in [0.5, 0.6) is 5.75 Å². The van der Waals surface area contributed by atoms with Crippen LogP contribution in [0.25, 0.3) is 0 Å². The van der Waals surface area contributed by atoms with Gasteiger partial charge in [0.25, 0.3) is 0 Å². The molecule has 0 fully saturated rings. The molecule has 108 valence electrons. The molecule has 0 spiro atoms. The van der Waals surface area contributed by atoms with Gasteiger partial charge in [0.15, 0.2) is 0 Å². The Morgan fingerprint density at radius 1 is 1.32 bits per heavy atom. The summed E-state index contributed by atoms with van der Waals surface area (Å²) >= 11 is 0. The summed E-state index contributed by atoms with van der Waals surface area (Å²) in [5, 5.41) is 12.1. The van der Waals surface area contributed by atoms with Crippen molar-refractivity contribution < 1.29 is 14.6 Å². The van der Waals surface area contributed by atoms with E-state index in [0.29, 0.717) is 6.61 Å². The minimum atomic E-state index is -0.479. The molecule has 0 radical (unpaired) electrons. The number of nitrogens with one attached hydrogen (secondary N) is 1. The molecule has 1 rings (SSSR count). The van der Waals surface area contributed by atoms with E-state index in [0.717, 1.165) is 18.4 Å². The first-order chi connectivity index (χ1) is 9.19. The lowest BCUT2D eigenvalue weighted by Gasteiger charge is -2.15. The zero-order valence-electron chi connectivity index (χ0n) is 12.3. The van der Waals surface area contributed by atoms with Crippen LogP contribution in [0.2, 0.25) is 0 Å². The van der Waals surface area contributed by atoms with Gasteiger partial charge < -0.3 is 15.2 Å². The highest BCUT2D eigenvalue weighted by molar-refractivity contribution is 5.77. The van der Waals surface area contributed by atoms with Gasteiger partial charge in [-0.3, -0.25) is 0 Å². The van der Waals surface area contributed by atoms with Crippen LogP contribution in [0.4, 0.5) is 0 Å². The van der Waals surface area contributed by atoms with Crippen LogP contribution >= 0.6 is 0 Å². The molecule has 0 saturated heterocycles. The molecule has 0 bridgehead atoms. The van der Waals surface area contributed by atoms with E-state index < -0.39 is 6.04 Å². The Balaban J connectivity index is 0.00000154. The summed E-state index contributed by atoms with van der Waals surface area (Å²) in [4.78, 5) is 11.8. The first-order valence-corrected chi connectivity index (χ1v) is 6.82. The van der Waals surface area contributed by atoms with Gasteiger partial charge in [0.05, 0.1) is 6.61 Å². The van der Waals surface area contributed by atoms with E-state index in [-0.39, 0.29) is 11.7 Å².